The van der Waals surface area contributed by atoms with Gasteiger partial charge in [0.2, 0.25) is 0 Å². The summed E-state index contributed by atoms with van der Waals surface area (Å²) in [7, 11) is 0. The van der Waals surface area contributed by atoms with Gasteiger partial charge in [-0.1, -0.05) is 18.2 Å². The molecule has 1 saturated heterocycles. The molecule has 4 rings (SSSR count). The van der Waals surface area contributed by atoms with Crippen molar-refractivity contribution < 1.29 is 0 Å². The summed E-state index contributed by atoms with van der Waals surface area (Å²) >= 11 is 0. The van der Waals surface area contributed by atoms with Gasteiger partial charge in [-0.15, -0.1) is 0 Å². The smallest absolute Gasteiger partial charge is 0.0777 e. The van der Waals surface area contributed by atoms with Crippen LogP contribution in [-0.4, -0.2) is 41.0 Å². The van der Waals surface area contributed by atoms with Crippen molar-refractivity contribution in [2.24, 2.45) is 0 Å². The van der Waals surface area contributed by atoms with E-state index < -0.39 is 0 Å². The van der Waals surface area contributed by atoms with Crippen molar-refractivity contribution >= 4 is 10.8 Å². The van der Waals surface area contributed by atoms with E-state index in [0.717, 1.165) is 31.9 Å². The number of rotatable bonds is 3. The Morgan fingerprint density at radius 1 is 0.958 bits per heavy atom. The highest BCUT2D eigenvalue weighted by Crippen LogP contribution is 2.29. The first-order valence-electron chi connectivity index (χ1n) is 8.61. The summed E-state index contributed by atoms with van der Waals surface area (Å²) in [6.45, 7) is 4.24. The second-order valence-corrected chi connectivity index (χ2v) is 6.28. The summed E-state index contributed by atoms with van der Waals surface area (Å²) in [6.07, 6.45) is 6.84. The number of aromatic nitrogens is 2. The molecular formula is C20H22N4. The molecule has 3 aromatic rings. The fourth-order valence-electron chi connectivity index (χ4n) is 3.50. The molecule has 2 aromatic heterocycles. The van der Waals surface area contributed by atoms with Gasteiger partial charge in [0.1, 0.15) is 0 Å². The standard InChI is InChI=1S/C20H22N4/c1-2-9-23-19(4-1)20(24-12-3-8-21-11-13-24)17-5-6-18-15-22-10-7-16(18)14-17/h1-2,4-7,9-10,14-15,20-21H,3,8,11-13H2. The third-order valence-corrected chi connectivity index (χ3v) is 4.69. The highest BCUT2D eigenvalue weighted by Gasteiger charge is 2.24. The van der Waals surface area contributed by atoms with Crippen molar-refractivity contribution in [2.75, 3.05) is 26.2 Å². The molecule has 0 aliphatic carbocycles. The summed E-state index contributed by atoms with van der Waals surface area (Å²) in [5, 5.41) is 5.91. The molecule has 4 nitrogen and oxygen atoms in total. The van der Waals surface area contributed by atoms with Gasteiger partial charge in [-0.3, -0.25) is 14.9 Å². The lowest BCUT2D eigenvalue weighted by Crippen LogP contribution is -2.33. The minimum atomic E-state index is 0.198. The van der Waals surface area contributed by atoms with Gasteiger partial charge in [0, 0.05) is 43.6 Å². The number of nitrogens with zero attached hydrogens (tertiary/aromatic N) is 3. The Hall–Kier alpha value is -2.30. The van der Waals surface area contributed by atoms with E-state index in [0.29, 0.717) is 0 Å². The first-order chi connectivity index (χ1) is 11.9. The quantitative estimate of drug-likeness (QED) is 0.806. The van der Waals surface area contributed by atoms with Crippen molar-refractivity contribution in [3.63, 3.8) is 0 Å². The lowest BCUT2D eigenvalue weighted by Gasteiger charge is -2.30. The number of pyridine rings is 2. The maximum Gasteiger partial charge on any atom is 0.0777 e. The topological polar surface area (TPSA) is 41.1 Å². The predicted molar refractivity (Wildman–Crippen MR) is 96.9 cm³/mol. The van der Waals surface area contributed by atoms with Crippen LogP contribution in [0.5, 0.6) is 0 Å². The summed E-state index contributed by atoms with van der Waals surface area (Å²) in [4.78, 5) is 11.4. The minimum Gasteiger partial charge on any atom is -0.315 e. The Morgan fingerprint density at radius 2 is 1.96 bits per heavy atom. The maximum atomic E-state index is 4.67. The van der Waals surface area contributed by atoms with Crippen LogP contribution in [0.15, 0.2) is 61.1 Å². The molecule has 1 aliphatic rings. The number of fused-ring (bicyclic) bond motifs is 1. The Morgan fingerprint density at radius 3 is 2.88 bits per heavy atom. The molecule has 4 heteroatoms. The van der Waals surface area contributed by atoms with Gasteiger partial charge < -0.3 is 5.32 Å². The fourth-order valence-corrected chi connectivity index (χ4v) is 3.50. The van der Waals surface area contributed by atoms with Gasteiger partial charge in [0.25, 0.3) is 0 Å². The Balaban J connectivity index is 1.78. The molecule has 0 spiro atoms. The van der Waals surface area contributed by atoms with E-state index in [2.05, 4.69) is 56.6 Å². The molecule has 1 fully saturated rings. The Kier molecular flexibility index (Phi) is 4.49. The van der Waals surface area contributed by atoms with Crippen LogP contribution in [0.2, 0.25) is 0 Å². The summed E-state index contributed by atoms with van der Waals surface area (Å²) in [5.74, 6) is 0. The van der Waals surface area contributed by atoms with E-state index in [1.165, 1.54) is 22.8 Å². The van der Waals surface area contributed by atoms with Gasteiger partial charge in [-0.25, -0.2) is 0 Å². The zero-order chi connectivity index (χ0) is 16.2. The fraction of sp³-hybridized carbons (Fsp3) is 0.300. The highest BCUT2D eigenvalue weighted by molar-refractivity contribution is 5.82. The zero-order valence-corrected chi connectivity index (χ0v) is 13.7. The third-order valence-electron chi connectivity index (χ3n) is 4.69. The molecule has 1 N–H and O–H groups in total. The van der Waals surface area contributed by atoms with Crippen LogP contribution < -0.4 is 5.32 Å². The van der Waals surface area contributed by atoms with Crippen molar-refractivity contribution in [1.82, 2.24) is 20.2 Å². The SMILES string of the molecule is c1ccc(C(c2ccc3cnccc3c2)N2CCCNCC2)nc1. The Labute approximate surface area is 142 Å². The molecule has 0 radical (unpaired) electrons. The van der Waals surface area contributed by atoms with Crippen LogP contribution in [0.1, 0.15) is 23.7 Å². The average molecular weight is 318 g/mol. The molecule has 1 atom stereocenters. The molecule has 1 unspecified atom stereocenters. The number of nitrogens with one attached hydrogen (secondary N) is 1. The second kappa shape index (κ2) is 7.07. The molecule has 24 heavy (non-hydrogen) atoms. The number of hydrogen-bond acceptors (Lipinski definition) is 4. The van der Waals surface area contributed by atoms with Gasteiger partial charge >= 0.3 is 0 Å². The molecule has 122 valence electrons. The average Bonchev–Trinajstić information content (AvgIpc) is 2.92. The normalized spacial score (nSPS) is 17.5. The van der Waals surface area contributed by atoms with Gasteiger partial charge in [0.05, 0.1) is 11.7 Å². The van der Waals surface area contributed by atoms with Crippen molar-refractivity contribution in [2.45, 2.75) is 12.5 Å². The van der Waals surface area contributed by atoms with Gasteiger partial charge in [-0.05, 0) is 48.2 Å². The maximum absolute atomic E-state index is 4.67. The Bertz CT molecular complexity index is 795. The third kappa shape index (κ3) is 3.16. The largest absolute Gasteiger partial charge is 0.315 e. The van der Waals surface area contributed by atoms with Crippen LogP contribution in [0.3, 0.4) is 0 Å². The zero-order valence-electron chi connectivity index (χ0n) is 13.7. The summed E-state index contributed by atoms with van der Waals surface area (Å²) < 4.78 is 0. The molecule has 0 amide bonds. The van der Waals surface area contributed by atoms with E-state index in [1.54, 1.807) is 0 Å². The minimum absolute atomic E-state index is 0.198. The predicted octanol–water partition coefficient (Wildman–Crippen LogP) is 3.01. The van der Waals surface area contributed by atoms with E-state index in [9.17, 15) is 0 Å². The molecule has 3 heterocycles. The van der Waals surface area contributed by atoms with Crippen LogP contribution in [0.4, 0.5) is 0 Å². The van der Waals surface area contributed by atoms with Crippen LogP contribution in [0, 0.1) is 0 Å². The van der Waals surface area contributed by atoms with Crippen molar-refractivity contribution in [3.05, 3.63) is 72.3 Å². The second-order valence-electron chi connectivity index (χ2n) is 6.28. The first-order valence-corrected chi connectivity index (χ1v) is 8.61. The van der Waals surface area contributed by atoms with E-state index in [4.69, 9.17) is 0 Å². The lowest BCUT2D eigenvalue weighted by molar-refractivity contribution is 0.237. The molecule has 0 saturated carbocycles. The van der Waals surface area contributed by atoms with Gasteiger partial charge in [-0.2, -0.15) is 0 Å². The summed E-state index contributed by atoms with van der Waals surface area (Å²) in [6, 6.07) is 15.2. The van der Waals surface area contributed by atoms with E-state index in [1.807, 2.05) is 24.7 Å². The molecule has 1 aromatic carbocycles. The van der Waals surface area contributed by atoms with Crippen LogP contribution >= 0.6 is 0 Å². The van der Waals surface area contributed by atoms with E-state index >= 15 is 0 Å². The number of hydrogen-bond donors (Lipinski definition) is 1. The first kappa shape index (κ1) is 15.2. The molecule has 0 bridgehead atoms. The van der Waals surface area contributed by atoms with Crippen LogP contribution in [-0.2, 0) is 0 Å². The molecular weight excluding hydrogens is 296 g/mol. The van der Waals surface area contributed by atoms with Crippen molar-refractivity contribution in [3.8, 4) is 0 Å². The number of benzene rings is 1. The van der Waals surface area contributed by atoms with E-state index in [-0.39, 0.29) is 6.04 Å². The van der Waals surface area contributed by atoms with Crippen LogP contribution in [0.25, 0.3) is 10.8 Å². The highest BCUT2D eigenvalue weighted by atomic mass is 15.2. The monoisotopic (exact) mass is 318 g/mol. The van der Waals surface area contributed by atoms with Gasteiger partial charge in [0.15, 0.2) is 0 Å². The lowest BCUT2D eigenvalue weighted by atomic mass is 9.98. The summed E-state index contributed by atoms with van der Waals surface area (Å²) in [5.41, 5.74) is 2.42. The van der Waals surface area contributed by atoms with Crippen molar-refractivity contribution in [1.29, 1.82) is 0 Å². The molecule has 1 aliphatic heterocycles.